The molecule has 1 amide bonds. The lowest BCUT2D eigenvalue weighted by Crippen LogP contribution is -2.24. The maximum Gasteiger partial charge on any atom is 0.261 e. The Bertz CT molecular complexity index is 336. The van der Waals surface area contributed by atoms with Crippen LogP contribution in [0.5, 0.6) is 0 Å². The van der Waals surface area contributed by atoms with Gasteiger partial charge in [-0.25, -0.2) is 0 Å². The summed E-state index contributed by atoms with van der Waals surface area (Å²) in [5.74, 6) is 0.00940. The molecule has 0 aliphatic rings. The Labute approximate surface area is 106 Å². The first kappa shape index (κ1) is 13.5. The highest BCUT2D eigenvalue weighted by Gasteiger charge is 2.06. The van der Waals surface area contributed by atoms with E-state index in [-0.39, 0.29) is 5.91 Å². The number of thiol groups is 1. The fraction of sp³-hybridized carbons (Fsp3) is 0.545. The summed E-state index contributed by atoms with van der Waals surface area (Å²) >= 11 is 5.60. The van der Waals surface area contributed by atoms with E-state index in [0.29, 0.717) is 0 Å². The predicted octanol–water partition coefficient (Wildman–Crippen LogP) is 2.11. The normalized spacial score (nSPS) is 10.8. The molecule has 0 bridgehead atoms. The topological polar surface area (TPSA) is 32.3 Å². The van der Waals surface area contributed by atoms with Crippen molar-refractivity contribution in [3.8, 4) is 0 Å². The number of hydrogen-bond donors (Lipinski definition) is 2. The summed E-state index contributed by atoms with van der Waals surface area (Å²) in [7, 11) is 4.11. The number of hydrogen-bond acceptors (Lipinski definition) is 4. The molecule has 0 aromatic carbocycles. The van der Waals surface area contributed by atoms with E-state index in [9.17, 15) is 4.79 Å². The van der Waals surface area contributed by atoms with Crippen molar-refractivity contribution in [1.29, 1.82) is 0 Å². The molecule has 0 spiro atoms. The van der Waals surface area contributed by atoms with Gasteiger partial charge in [0.2, 0.25) is 0 Å². The summed E-state index contributed by atoms with van der Waals surface area (Å²) in [6.07, 6.45) is 2.12. The highest BCUT2D eigenvalue weighted by molar-refractivity contribution is 7.80. The molecule has 90 valence electrons. The van der Waals surface area contributed by atoms with E-state index in [1.165, 1.54) is 11.3 Å². The number of nitrogens with one attached hydrogen (secondary N) is 1. The molecule has 1 N–H and O–H groups in total. The first-order chi connectivity index (χ1) is 7.59. The van der Waals surface area contributed by atoms with Crippen molar-refractivity contribution >= 4 is 29.9 Å². The Kier molecular flexibility index (Phi) is 5.87. The second-order valence-corrected chi connectivity index (χ2v) is 5.36. The molecule has 0 unspecified atom stereocenters. The van der Waals surface area contributed by atoms with Crippen molar-refractivity contribution in [2.45, 2.75) is 17.7 Å². The molecule has 0 radical (unpaired) electrons. The highest BCUT2D eigenvalue weighted by atomic mass is 32.1. The quantitative estimate of drug-likeness (QED) is 0.605. The van der Waals surface area contributed by atoms with Gasteiger partial charge in [0.15, 0.2) is 0 Å². The van der Waals surface area contributed by atoms with E-state index in [2.05, 4.69) is 36.9 Å². The van der Waals surface area contributed by atoms with Crippen LogP contribution in [0.3, 0.4) is 0 Å². The first-order valence-corrected chi connectivity index (χ1v) is 6.62. The van der Waals surface area contributed by atoms with Gasteiger partial charge in [0.1, 0.15) is 0 Å². The van der Waals surface area contributed by atoms with Crippen molar-refractivity contribution < 1.29 is 4.79 Å². The molecule has 1 aromatic heterocycles. The molecule has 3 nitrogen and oxygen atoms in total. The smallest absolute Gasteiger partial charge is 0.261 e. The number of carbonyl (C=O) groups is 1. The fourth-order valence-electron chi connectivity index (χ4n) is 1.29. The molecular weight excluding hydrogens is 240 g/mol. The standard InChI is InChI=1S/C11H18N2OS2/c1-13(2)6-4-3-5-12-11(14)10-7-9(15)8-16-10/h7-8,15H,3-6H2,1-2H3,(H,12,14). The summed E-state index contributed by atoms with van der Waals surface area (Å²) in [6.45, 7) is 1.81. The van der Waals surface area contributed by atoms with E-state index in [4.69, 9.17) is 0 Å². The maximum atomic E-state index is 11.6. The molecule has 0 aliphatic heterocycles. The molecule has 0 fully saturated rings. The molecule has 1 aromatic rings. The number of nitrogens with zero attached hydrogens (tertiary/aromatic N) is 1. The van der Waals surface area contributed by atoms with Crippen molar-refractivity contribution in [2.75, 3.05) is 27.2 Å². The van der Waals surface area contributed by atoms with Gasteiger partial charge in [-0.05, 0) is 39.5 Å². The van der Waals surface area contributed by atoms with E-state index in [1.807, 2.05) is 5.38 Å². The zero-order chi connectivity index (χ0) is 12.0. The van der Waals surface area contributed by atoms with Crippen LogP contribution in [-0.2, 0) is 0 Å². The van der Waals surface area contributed by atoms with Gasteiger partial charge < -0.3 is 10.2 Å². The summed E-state index contributed by atoms with van der Waals surface area (Å²) in [5.41, 5.74) is 0. The van der Waals surface area contributed by atoms with Crippen molar-refractivity contribution in [2.24, 2.45) is 0 Å². The van der Waals surface area contributed by atoms with Gasteiger partial charge >= 0.3 is 0 Å². The van der Waals surface area contributed by atoms with Crippen LogP contribution < -0.4 is 5.32 Å². The zero-order valence-electron chi connectivity index (χ0n) is 9.69. The molecule has 0 saturated carbocycles. The minimum Gasteiger partial charge on any atom is -0.351 e. The lowest BCUT2D eigenvalue weighted by Gasteiger charge is -2.08. The zero-order valence-corrected chi connectivity index (χ0v) is 11.4. The number of amides is 1. The average Bonchev–Trinajstić information content (AvgIpc) is 2.63. The molecule has 1 rings (SSSR count). The van der Waals surface area contributed by atoms with Gasteiger partial charge in [0.25, 0.3) is 5.91 Å². The molecule has 0 saturated heterocycles. The second-order valence-electron chi connectivity index (χ2n) is 3.94. The van der Waals surface area contributed by atoms with Gasteiger partial charge in [-0.2, -0.15) is 0 Å². The number of thiophene rings is 1. The van der Waals surface area contributed by atoms with Crippen molar-refractivity contribution in [3.63, 3.8) is 0 Å². The van der Waals surface area contributed by atoms with Crippen LogP contribution in [0.4, 0.5) is 0 Å². The van der Waals surface area contributed by atoms with Crippen LogP contribution in [0.2, 0.25) is 0 Å². The van der Waals surface area contributed by atoms with E-state index in [1.54, 1.807) is 6.07 Å². The molecule has 0 aliphatic carbocycles. The van der Waals surface area contributed by atoms with Crippen LogP contribution >= 0.6 is 24.0 Å². The van der Waals surface area contributed by atoms with Crippen molar-refractivity contribution in [1.82, 2.24) is 10.2 Å². The number of carbonyl (C=O) groups excluding carboxylic acids is 1. The summed E-state index contributed by atoms with van der Waals surface area (Å²) in [6, 6.07) is 1.79. The lowest BCUT2D eigenvalue weighted by atomic mass is 10.3. The van der Waals surface area contributed by atoms with E-state index >= 15 is 0 Å². The van der Waals surface area contributed by atoms with Gasteiger partial charge in [-0.15, -0.1) is 24.0 Å². The Morgan fingerprint density at radius 3 is 2.81 bits per heavy atom. The third-order valence-electron chi connectivity index (χ3n) is 2.13. The van der Waals surface area contributed by atoms with Crippen molar-refractivity contribution in [3.05, 3.63) is 16.3 Å². The molecule has 0 atom stereocenters. The first-order valence-electron chi connectivity index (χ1n) is 5.30. The second kappa shape index (κ2) is 6.93. The van der Waals surface area contributed by atoms with Crippen LogP contribution in [0, 0.1) is 0 Å². The highest BCUT2D eigenvalue weighted by Crippen LogP contribution is 2.17. The number of unbranched alkanes of at least 4 members (excludes halogenated alkanes) is 1. The maximum absolute atomic E-state index is 11.6. The van der Waals surface area contributed by atoms with Gasteiger partial charge in [-0.1, -0.05) is 0 Å². The van der Waals surface area contributed by atoms with E-state index in [0.717, 1.165) is 35.7 Å². The fourth-order valence-corrected chi connectivity index (χ4v) is 2.35. The predicted molar refractivity (Wildman–Crippen MR) is 71.7 cm³/mol. The van der Waals surface area contributed by atoms with Crippen LogP contribution in [0.25, 0.3) is 0 Å². The Morgan fingerprint density at radius 2 is 2.25 bits per heavy atom. The van der Waals surface area contributed by atoms with Gasteiger partial charge in [0.05, 0.1) is 4.88 Å². The van der Waals surface area contributed by atoms with Gasteiger partial charge in [0, 0.05) is 16.8 Å². The third-order valence-corrected chi connectivity index (χ3v) is 3.49. The molecular formula is C11H18N2OS2. The monoisotopic (exact) mass is 258 g/mol. The van der Waals surface area contributed by atoms with Crippen LogP contribution in [-0.4, -0.2) is 38.0 Å². The Balaban J connectivity index is 2.16. The van der Waals surface area contributed by atoms with Gasteiger partial charge in [-0.3, -0.25) is 4.79 Å². The summed E-state index contributed by atoms with van der Waals surface area (Å²) in [4.78, 5) is 15.3. The summed E-state index contributed by atoms with van der Waals surface area (Å²) in [5, 5.41) is 4.77. The largest absolute Gasteiger partial charge is 0.351 e. The van der Waals surface area contributed by atoms with E-state index < -0.39 is 0 Å². The minimum atomic E-state index is 0.00940. The average molecular weight is 258 g/mol. The third kappa shape index (κ3) is 5.01. The Hall–Kier alpha value is -0.520. The molecule has 16 heavy (non-hydrogen) atoms. The lowest BCUT2D eigenvalue weighted by molar-refractivity contribution is 0.0956. The van der Waals surface area contributed by atoms with Crippen LogP contribution in [0.15, 0.2) is 16.3 Å². The van der Waals surface area contributed by atoms with Crippen LogP contribution in [0.1, 0.15) is 22.5 Å². The summed E-state index contributed by atoms with van der Waals surface area (Å²) < 4.78 is 0. The molecule has 5 heteroatoms. The molecule has 1 heterocycles. The minimum absolute atomic E-state index is 0.00940. The SMILES string of the molecule is CN(C)CCCCNC(=O)c1cc(S)cs1. The Morgan fingerprint density at radius 1 is 1.50 bits per heavy atom. The number of rotatable bonds is 6.